The van der Waals surface area contributed by atoms with Crippen LogP contribution in [-0.2, 0) is 11.2 Å². The van der Waals surface area contributed by atoms with Gasteiger partial charge in [0, 0.05) is 18.3 Å². The fourth-order valence-corrected chi connectivity index (χ4v) is 2.62. The van der Waals surface area contributed by atoms with Crippen molar-refractivity contribution < 1.29 is 19.2 Å². The van der Waals surface area contributed by atoms with Crippen LogP contribution in [0.2, 0.25) is 0 Å². The topological polar surface area (TPSA) is 128 Å². The third-order valence-corrected chi connectivity index (χ3v) is 4.17. The van der Waals surface area contributed by atoms with Gasteiger partial charge in [0.2, 0.25) is 0 Å². The van der Waals surface area contributed by atoms with Crippen LogP contribution < -0.4 is 15.6 Å². The molecule has 0 saturated heterocycles. The number of benzene rings is 2. The Morgan fingerprint density at radius 2 is 1.83 bits per heavy atom. The van der Waals surface area contributed by atoms with E-state index in [-0.39, 0.29) is 18.0 Å². The molecular formula is C20H19N5O5. The number of aromatic nitrogens is 2. The van der Waals surface area contributed by atoms with Crippen LogP contribution in [0.25, 0.3) is 5.69 Å². The molecule has 0 radical (unpaired) electrons. The summed E-state index contributed by atoms with van der Waals surface area (Å²) in [5.41, 5.74) is 6.08. The summed E-state index contributed by atoms with van der Waals surface area (Å²) in [5, 5.41) is 14.8. The van der Waals surface area contributed by atoms with Crippen molar-refractivity contribution in [1.82, 2.24) is 20.6 Å². The number of nitrogens with zero attached hydrogens (tertiary/aromatic N) is 3. The molecule has 0 unspecified atom stereocenters. The second-order valence-electron chi connectivity index (χ2n) is 6.17. The number of carbonyl (C=O) groups excluding carboxylic acids is 2. The van der Waals surface area contributed by atoms with Gasteiger partial charge in [-0.1, -0.05) is 25.1 Å². The summed E-state index contributed by atoms with van der Waals surface area (Å²) in [6.45, 7) is 1.73. The van der Waals surface area contributed by atoms with E-state index in [4.69, 9.17) is 4.74 Å². The van der Waals surface area contributed by atoms with Gasteiger partial charge in [-0.25, -0.2) is 4.68 Å². The first-order valence-corrected chi connectivity index (χ1v) is 9.08. The average molecular weight is 409 g/mol. The summed E-state index contributed by atoms with van der Waals surface area (Å²) in [7, 11) is 0. The number of aryl methyl sites for hydroxylation is 1. The molecule has 0 aliphatic rings. The number of hydrogen-bond acceptors (Lipinski definition) is 6. The van der Waals surface area contributed by atoms with Crippen LogP contribution in [0.1, 0.15) is 23.0 Å². The maximum atomic E-state index is 12.2. The lowest BCUT2D eigenvalue weighted by Crippen LogP contribution is -2.44. The van der Waals surface area contributed by atoms with E-state index in [2.05, 4.69) is 16.0 Å². The average Bonchev–Trinajstić information content (AvgIpc) is 3.26. The maximum absolute atomic E-state index is 12.2. The van der Waals surface area contributed by atoms with Gasteiger partial charge in [-0.15, -0.1) is 0 Å². The van der Waals surface area contributed by atoms with E-state index in [1.54, 1.807) is 6.07 Å². The molecule has 2 N–H and O–H groups in total. The first-order chi connectivity index (χ1) is 14.5. The third-order valence-electron chi connectivity index (χ3n) is 4.17. The zero-order valence-corrected chi connectivity index (χ0v) is 16.1. The Kier molecular flexibility index (Phi) is 6.38. The van der Waals surface area contributed by atoms with Gasteiger partial charge in [0.25, 0.3) is 17.5 Å². The number of ether oxygens (including phenoxy) is 1. The first kappa shape index (κ1) is 20.5. The summed E-state index contributed by atoms with van der Waals surface area (Å²) < 4.78 is 6.88. The number of amides is 2. The van der Waals surface area contributed by atoms with Crippen molar-refractivity contribution in [3.8, 4) is 11.4 Å². The highest BCUT2D eigenvalue weighted by atomic mass is 16.6. The molecule has 10 nitrogen and oxygen atoms in total. The van der Waals surface area contributed by atoms with Crippen molar-refractivity contribution in [1.29, 1.82) is 0 Å². The first-order valence-electron chi connectivity index (χ1n) is 9.08. The summed E-state index contributed by atoms with van der Waals surface area (Å²) in [6, 6.07) is 14.6. The van der Waals surface area contributed by atoms with E-state index in [0.717, 1.165) is 12.0 Å². The Bertz CT molecular complexity index is 1060. The number of nitro benzene ring substituents is 1. The van der Waals surface area contributed by atoms with Crippen molar-refractivity contribution in [2.45, 2.75) is 13.3 Å². The van der Waals surface area contributed by atoms with E-state index >= 15 is 0 Å². The predicted octanol–water partition coefficient (Wildman–Crippen LogP) is 2.18. The van der Waals surface area contributed by atoms with Gasteiger partial charge in [-0.3, -0.25) is 30.6 Å². The van der Waals surface area contributed by atoms with E-state index in [1.807, 2.05) is 25.1 Å². The van der Waals surface area contributed by atoms with Crippen LogP contribution >= 0.6 is 0 Å². The number of nitrogens with one attached hydrogen (secondary N) is 2. The molecule has 154 valence electrons. The Balaban J connectivity index is 1.52. The standard InChI is InChI=1S/C20H19N5O5/c1-2-14-5-3-4-6-18(14)30-13-19(26)21-22-20(27)17-11-12-24(23-17)15-7-9-16(10-8-15)25(28)29/h3-12H,2,13H2,1H3,(H,21,26)(H,22,27). The fourth-order valence-electron chi connectivity index (χ4n) is 2.62. The Labute approximate surface area is 171 Å². The molecule has 2 amide bonds. The van der Waals surface area contributed by atoms with E-state index in [0.29, 0.717) is 11.4 Å². The molecule has 1 heterocycles. The molecule has 0 aliphatic carbocycles. The Morgan fingerprint density at radius 3 is 2.53 bits per heavy atom. The van der Waals surface area contributed by atoms with Gasteiger partial charge in [-0.2, -0.15) is 5.10 Å². The number of carbonyl (C=O) groups is 2. The van der Waals surface area contributed by atoms with Crippen molar-refractivity contribution in [3.05, 3.63) is 82.2 Å². The highest BCUT2D eigenvalue weighted by Gasteiger charge is 2.13. The van der Waals surface area contributed by atoms with Crippen LogP contribution in [0.4, 0.5) is 5.69 Å². The zero-order valence-electron chi connectivity index (χ0n) is 16.1. The smallest absolute Gasteiger partial charge is 0.290 e. The lowest BCUT2D eigenvalue weighted by atomic mass is 10.1. The van der Waals surface area contributed by atoms with Crippen LogP contribution in [0.3, 0.4) is 0 Å². The lowest BCUT2D eigenvalue weighted by molar-refractivity contribution is -0.384. The molecule has 10 heteroatoms. The molecule has 0 aliphatic heterocycles. The van der Waals surface area contributed by atoms with Crippen molar-refractivity contribution in [2.75, 3.05) is 6.61 Å². The van der Waals surface area contributed by atoms with E-state index in [1.165, 1.54) is 41.2 Å². The number of hydrogen-bond donors (Lipinski definition) is 2. The number of non-ortho nitro benzene ring substituents is 1. The summed E-state index contributed by atoms with van der Waals surface area (Å²) in [5.74, 6) is -0.523. The van der Waals surface area contributed by atoms with Gasteiger partial charge in [0.15, 0.2) is 12.3 Å². The van der Waals surface area contributed by atoms with Gasteiger partial charge in [-0.05, 0) is 36.2 Å². The molecule has 30 heavy (non-hydrogen) atoms. The van der Waals surface area contributed by atoms with Gasteiger partial charge in [0.05, 0.1) is 10.6 Å². The minimum absolute atomic E-state index is 0.0460. The van der Waals surface area contributed by atoms with Crippen LogP contribution in [0, 0.1) is 10.1 Å². The molecule has 1 aromatic heterocycles. The summed E-state index contributed by atoms with van der Waals surface area (Å²) >= 11 is 0. The molecule has 2 aromatic carbocycles. The van der Waals surface area contributed by atoms with Gasteiger partial charge >= 0.3 is 0 Å². The number of hydrazine groups is 1. The largest absolute Gasteiger partial charge is 0.483 e. The van der Waals surface area contributed by atoms with E-state index in [9.17, 15) is 19.7 Å². The summed E-state index contributed by atoms with van der Waals surface area (Å²) in [6.07, 6.45) is 2.30. The molecule has 3 rings (SSSR count). The van der Waals surface area contributed by atoms with Crippen LogP contribution in [0.5, 0.6) is 5.75 Å². The minimum atomic E-state index is -0.613. The normalized spacial score (nSPS) is 10.3. The van der Waals surface area contributed by atoms with Crippen LogP contribution in [0.15, 0.2) is 60.8 Å². The molecule has 0 bridgehead atoms. The van der Waals surface area contributed by atoms with Crippen molar-refractivity contribution >= 4 is 17.5 Å². The lowest BCUT2D eigenvalue weighted by Gasteiger charge is -2.10. The minimum Gasteiger partial charge on any atom is -0.483 e. The summed E-state index contributed by atoms with van der Waals surface area (Å²) in [4.78, 5) is 34.3. The number of nitro groups is 1. The number of para-hydroxylation sites is 1. The molecule has 0 saturated carbocycles. The maximum Gasteiger partial charge on any atom is 0.290 e. The second-order valence-corrected chi connectivity index (χ2v) is 6.17. The molecule has 3 aromatic rings. The van der Waals surface area contributed by atoms with Crippen molar-refractivity contribution in [2.24, 2.45) is 0 Å². The SMILES string of the molecule is CCc1ccccc1OCC(=O)NNC(=O)c1ccn(-c2ccc([N+](=O)[O-])cc2)n1. The second kappa shape index (κ2) is 9.32. The highest BCUT2D eigenvalue weighted by Crippen LogP contribution is 2.18. The quantitative estimate of drug-likeness (QED) is 0.455. The van der Waals surface area contributed by atoms with E-state index < -0.39 is 16.7 Å². The van der Waals surface area contributed by atoms with Gasteiger partial charge < -0.3 is 4.74 Å². The third kappa shape index (κ3) is 4.98. The highest BCUT2D eigenvalue weighted by molar-refractivity contribution is 5.93. The molecule has 0 fully saturated rings. The number of rotatable bonds is 7. The van der Waals surface area contributed by atoms with Crippen LogP contribution in [-0.4, -0.2) is 33.1 Å². The van der Waals surface area contributed by atoms with Gasteiger partial charge in [0.1, 0.15) is 5.75 Å². The zero-order chi connectivity index (χ0) is 21.5. The fraction of sp³-hybridized carbons (Fsp3) is 0.150. The molecule has 0 atom stereocenters. The Hall–Kier alpha value is -4.21. The molecule has 0 spiro atoms. The predicted molar refractivity (Wildman–Crippen MR) is 107 cm³/mol. The van der Waals surface area contributed by atoms with Crippen molar-refractivity contribution in [3.63, 3.8) is 0 Å². The monoisotopic (exact) mass is 409 g/mol. The Morgan fingerprint density at radius 1 is 1.10 bits per heavy atom. The molecular weight excluding hydrogens is 390 g/mol.